The lowest BCUT2D eigenvalue weighted by Gasteiger charge is -2.35. The molecule has 0 aromatic heterocycles. The van der Waals surface area contributed by atoms with E-state index in [9.17, 15) is 5.11 Å². The number of rotatable bonds is 5. The van der Waals surface area contributed by atoms with Crippen LogP contribution in [0.1, 0.15) is 31.7 Å². The topological polar surface area (TPSA) is 35.5 Å². The zero-order valence-electron chi connectivity index (χ0n) is 13.0. The van der Waals surface area contributed by atoms with Gasteiger partial charge in [0.25, 0.3) is 0 Å². The number of benzene rings is 1. The summed E-state index contributed by atoms with van der Waals surface area (Å²) in [7, 11) is 0. The molecule has 116 valence electrons. The van der Waals surface area contributed by atoms with Crippen LogP contribution in [0.3, 0.4) is 0 Å². The highest BCUT2D eigenvalue weighted by atomic mass is 16.3. The Bertz CT molecular complexity index is 436. The molecule has 1 heterocycles. The van der Waals surface area contributed by atoms with Gasteiger partial charge in [0, 0.05) is 31.7 Å². The molecule has 0 spiro atoms. The van der Waals surface area contributed by atoms with Crippen molar-refractivity contribution in [3.8, 4) is 0 Å². The van der Waals surface area contributed by atoms with Crippen molar-refractivity contribution in [3.63, 3.8) is 0 Å². The van der Waals surface area contributed by atoms with E-state index in [0.717, 1.165) is 18.4 Å². The number of nitrogens with one attached hydrogen (secondary N) is 1. The summed E-state index contributed by atoms with van der Waals surface area (Å²) < 4.78 is 0. The van der Waals surface area contributed by atoms with Gasteiger partial charge in [-0.3, -0.25) is 4.90 Å². The summed E-state index contributed by atoms with van der Waals surface area (Å²) >= 11 is 0. The fourth-order valence-corrected chi connectivity index (χ4v) is 4.16. The minimum Gasteiger partial charge on any atom is -0.395 e. The van der Waals surface area contributed by atoms with Crippen LogP contribution in [0.5, 0.6) is 0 Å². The van der Waals surface area contributed by atoms with Gasteiger partial charge in [0.1, 0.15) is 0 Å². The van der Waals surface area contributed by atoms with E-state index in [4.69, 9.17) is 0 Å². The van der Waals surface area contributed by atoms with Gasteiger partial charge < -0.3 is 10.4 Å². The molecule has 1 aromatic rings. The van der Waals surface area contributed by atoms with Gasteiger partial charge in [0.2, 0.25) is 0 Å². The lowest BCUT2D eigenvalue weighted by molar-refractivity contribution is 0.178. The van der Waals surface area contributed by atoms with Crippen LogP contribution in [-0.2, 0) is 6.54 Å². The van der Waals surface area contributed by atoms with Gasteiger partial charge in [-0.05, 0) is 37.2 Å². The second kappa shape index (κ2) is 6.91. The molecule has 1 saturated carbocycles. The number of nitrogens with zero attached hydrogens (tertiary/aromatic N) is 1. The Morgan fingerprint density at radius 2 is 2.05 bits per heavy atom. The molecule has 3 nitrogen and oxygen atoms in total. The number of aliphatic hydroxyl groups excluding tert-OH is 1. The molecule has 3 heteroatoms. The normalized spacial score (nSPS) is 31.0. The smallest absolute Gasteiger partial charge is 0.0582 e. The molecule has 0 amide bonds. The molecule has 1 saturated heterocycles. The Kier molecular flexibility index (Phi) is 4.94. The third-order valence-electron chi connectivity index (χ3n) is 5.20. The first-order valence-corrected chi connectivity index (χ1v) is 8.39. The van der Waals surface area contributed by atoms with Crippen LogP contribution in [0, 0.1) is 11.8 Å². The predicted molar refractivity (Wildman–Crippen MR) is 86.0 cm³/mol. The number of hydrogen-bond donors (Lipinski definition) is 2. The van der Waals surface area contributed by atoms with Crippen molar-refractivity contribution in [3.05, 3.63) is 35.9 Å². The predicted octanol–water partition coefficient (Wildman–Crippen LogP) is 2.26. The highest BCUT2D eigenvalue weighted by molar-refractivity contribution is 5.15. The van der Waals surface area contributed by atoms with E-state index in [1.54, 1.807) is 0 Å². The zero-order valence-corrected chi connectivity index (χ0v) is 13.0. The van der Waals surface area contributed by atoms with Gasteiger partial charge in [0.15, 0.2) is 0 Å². The van der Waals surface area contributed by atoms with E-state index in [0.29, 0.717) is 6.04 Å². The number of aliphatic hydroxyl groups is 1. The quantitative estimate of drug-likeness (QED) is 0.872. The van der Waals surface area contributed by atoms with Crippen molar-refractivity contribution >= 4 is 0 Å². The first-order chi connectivity index (χ1) is 10.3. The van der Waals surface area contributed by atoms with Crippen LogP contribution < -0.4 is 5.32 Å². The maximum Gasteiger partial charge on any atom is 0.0582 e. The van der Waals surface area contributed by atoms with E-state index >= 15 is 0 Å². The zero-order chi connectivity index (χ0) is 14.7. The molecule has 2 N–H and O–H groups in total. The van der Waals surface area contributed by atoms with Crippen molar-refractivity contribution in [2.45, 2.75) is 44.8 Å². The molecule has 1 aliphatic heterocycles. The van der Waals surface area contributed by atoms with Crippen LogP contribution in [0.25, 0.3) is 0 Å². The van der Waals surface area contributed by atoms with Crippen molar-refractivity contribution in [2.24, 2.45) is 11.8 Å². The summed E-state index contributed by atoms with van der Waals surface area (Å²) in [6, 6.07) is 11.6. The monoisotopic (exact) mass is 288 g/mol. The molecule has 2 fully saturated rings. The van der Waals surface area contributed by atoms with Gasteiger partial charge >= 0.3 is 0 Å². The van der Waals surface area contributed by atoms with E-state index in [1.165, 1.54) is 37.9 Å². The van der Waals surface area contributed by atoms with Gasteiger partial charge in [-0.2, -0.15) is 0 Å². The van der Waals surface area contributed by atoms with Gasteiger partial charge in [-0.15, -0.1) is 0 Å². The van der Waals surface area contributed by atoms with Crippen LogP contribution in [0.4, 0.5) is 0 Å². The summed E-state index contributed by atoms with van der Waals surface area (Å²) in [5.74, 6) is 1.60. The Labute approximate surface area is 128 Å². The summed E-state index contributed by atoms with van der Waals surface area (Å²) in [5.41, 5.74) is 1.42. The maximum absolute atomic E-state index is 9.28. The molecule has 4 atom stereocenters. The molecule has 0 radical (unpaired) electrons. The Morgan fingerprint density at radius 3 is 2.81 bits per heavy atom. The van der Waals surface area contributed by atoms with E-state index in [1.807, 2.05) is 0 Å². The van der Waals surface area contributed by atoms with E-state index in [-0.39, 0.29) is 12.6 Å². The Morgan fingerprint density at radius 1 is 1.24 bits per heavy atom. The van der Waals surface area contributed by atoms with Crippen LogP contribution >= 0.6 is 0 Å². The molecular formula is C18H28N2O. The third-order valence-corrected chi connectivity index (χ3v) is 5.20. The second-order valence-electron chi connectivity index (χ2n) is 6.89. The SMILES string of the molecule is C[C@H](CO)N[C@@H]1CCC[C@@H]2CN(Cc3ccccc3)C[C@@H]21. The Balaban J connectivity index is 1.60. The summed E-state index contributed by atoms with van der Waals surface area (Å²) in [6.45, 7) is 5.85. The highest BCUT2D eigenvalue weighted by Crippen LogP contribution is 2.37. The minimum atomic E-state index is 0.219. The molecule has 2 aliphatic rings. The van der Waals surface area contributed by atoms with Crippen molar-refractivity contribution in [2.75, 3.05) is 19.7 Å². The molecule has 0 bridgehead atoms. The lowest BCUT2D eigenvalue weighted by Crippen LogP contribution is -2.47. The number of hydrogen-bond acceptors (Lipinski definition) is 3. The van der Waals surface area contributed by atoms with Gasteiger partial charge in [-0.1, -0.05) is 36.8 Å². The Hall–Kier alpha value is -0.900. The third kappa shape index (κ3) is 3.65. The summed E-state index contributed by atoms with van der Waals surface area (Å²) in [5, 5.41) is 12.9. The maximum atomic E-state index is 9.28. The largest absolute Gasteiger partial charge is 0.395 e. The highest BCUT2D eigenvalue weighted by Gasteiger charge is 2.40. The number of fused-ring (bicyclic) bond motifs is 1. The first-order valence-electron chi connectivity index (χ1n) is 8.39. The molecule has 1 aromatic carbocycles. The summed E-state index contributed by atoms with van der Waals surface area (Å²) in [4.78, 5) is 2.62. The summed E-state index contributed by atoms with van der Waals surface area (Å²) in [6.07, 6.45) is 3.97. The number of likely N-dealkylation sites (tertiary alicyclic amines) is 1. The van der Waals surface area contributed by atoms with Gasteiger partial charge in [-0.25, -0.2) is 0 Å². The molecular weight excluding hydrogens is 260 g/mol. The average Bonchev–Trinajstić information content (AvgIpc) is 2.91. The van der Waals surface area contributed by atoms with Crippen molar-refractivity contribution in [1.29, 1.82) is 0 Å². The molecule has 3 rings (SSSR count). The average molecular weight is 288 g/mol. The standard InChI is InChI=1S/C18H28N2O/c1-14(13-21)19-18-9-5-8-16-11-20(12-17(16)18)10-15-6-3-2-4-7-15/h2-4,6-7,14,16-19,21H,5,8-13H2,1H3/t14-,16-,17+,18-/m1/s1. The minimum absolute atomic E-state index is 0.219. The first kappa shape index (κ1) is 15.0. The fourth-order valence-electron chi connectivity index (χ4n) is 4.16. The fraction of sp³-hybridized carbons (Fsp3) is 0.667. The van der Waals surface area contributed by atoms with E-state index < -0.39 is 0 Å². The molecule has 1 aliphatic carbocycles. The van der Waals surface area contributed by atoms with Gasteiger partial charge in [0.05, 0.1) is 6.61 Å². The van der Waals surface area contributed by atoms with Crippen LogP contribution in [-0.4, -0.2) is 41.8 Å². The van der Waals surface area contributed by atoms with E-state index in [2.05, 4.69) is 47.5 Å². The van der Waals surface area contributed by atoms with Crippen LogP contribution in [0.15, 0.2) is 30.3 Å². The van der Waals surface area contributed by atoms with Crippen LogP contribution in [0.2, 0.25) is 0 Å². The van der Waals surface area contributed by atoms with Crippen molar-refractivity contribution < 1.29 is 5.11 Å². The second-order valence-corrected chi connectivity index (χ2v) is 6.89. The molecule has 0 unspecified atom stereocenters. The van der Waals surface area contributed by atoms with Crippen molar-refractivity contribution in [1.82, 2.24) is 10.2 Å². The lowest BCUT2D eigenvalue weighted by atomic mass is 9.78. The molecule has 21 heavy (non-hydrogen) atoms.